The van der Waals surface area contributed by atoms with E-state index in [1.807, 2.05) is 14.1 Å². The standard InChI is InChI=1S/C10H20N2OS/c1-9(13)12(3)14-11(2)8-4-5-10-6-7-10/h10H,4-8H2,1-3H3. The first kappa shape index (κ1) is 11.9. The summed E-state index contributed by atoms with van der Waals surface area (Å²) in [5.74, 6) is 1.11. The Bertz CT molecular complexity index is 195. The summed E-state index contributed by atoms with van der Waals surface area (Å²) in [7, 11) is 3.85. The number of rotatable bonds is 6. The SMILES string of the molecule is CC(=O)N(C)SN(C)CCCC1CC1. The fraction of sp³-hybridized carbons (Fsp3) is 0.900. The number of hydrogen-bond donors (Lipinski definition) is 0. The third-order valence-electron chi connectivity index (χ3n) is 2.49. The second-order valence-corrected chi connectivity index (χ2v) is 5.37. The predicted molar refractivity (Wildman–Crippen MR) is 60.6 cm³/mol. The third-order valence-corrected chi connectivity index (χ3v) is 3.45. The molecule has 4 heteroatoms. The minimum Gasteiger partial charge on any atom is -0.277 e. The number of nitrogens with zero attached hydrogens (tertiary/aromatic N) is 2. The number of carbonyl (C=O) groups is 1. The van der Waals surface area contributed by atoms with E-state index in [9.17, 15) is 4.79 Å². The topological polar surface area (TPSA) is 23.6 Å². The molecule has 0 aromatic rings. The molecule has 0 radical (unpaired) electrons. The average Bonchev–Trinajstić information content (AvgIpc) is 2.87. The van der Waals surface area contributed by atoms with Gasteiger partial charge in [0, 0.05) is 32.7 Å². The highest BCUT2D eigenvalue weighted by Crippen LogP contribution is 2.33. The van der Waals surface area contributed by atoms with Crippen molar-refractivity contribution in [2.24, 2.45) is 5.92 Å². The van der Waals surface area contributed by atoms with E-state index >= 15 is 0 Å². The van der Waals surface area contributed by atoms with E-state index in [2.05, 4.69) is 4.31 Å². The van der Waals surface area contributed by atoms with Crippen LogP contribution in [0.15, 0.2) is 0 Å². The lowest BCUT2D eigenvalue weighted by Crippen LogP contribution is -2.23. The van der Waals surface area contributed by atoms with Crippen LogP contribution in [0.25, 0.3) is 0 Å². The molecule has 0 spiro atoms. The molecule has 1 aliphatic carbocycles. The van der Waals surface area contributed by atoms with Crippen molar-refractivity contribution in [1.29, 1.82) is 0 Å². The highest BCUT2D eigenvalue weighted by molar-refractivity contribution is 7.95. The van der Waals surface area contributed by atoms with E-state index in [4.69, 9.17) is 0 Å². The highest BCUT2D eigenvalue weighted by Gasteiger charge is 2.20. The molecule has 82 valence electrons. The fourth-order valence-electron chi connectivity index (χ4n) is 1.32. The molecule has 0 aliphatic heterocycles. The van der Waals surface area contributed by atoms with Gasteiger partial charge < -0.3 is 0 Å². The molecule has 1 saturated carbocycles. The summed E-state index contributed by atoms with van der Waals surface area (Å²) >= 11 is 1.50. The molecular weight excluding hydrogens is 196 g/mol. The molecule has 1 amide bonds. The Labute approximate surface area is 91.1 Å². The Balaban J connectivity index is 2.01. The van der Waals surface area contributed by atoms with E-state index < -0.39 is 0 Å². The van der Waals surface area contributed by atoms with Crippen LogP contribution in [-0.2, 0) is 4.79 Å². The summed E-state index contributed by atoms with van der Waals surface area (Å²) in [5.41, 5.74) is 0. The van der Waals surface area contributed by atoms with Gasteiger partial charge in [-0.15, -0.1) is 0 Å². The van der Waals surface area contributed by atoms with Crippen LogP contribution in [0.2, 0.25) is 0 Å². The minimum absolute atomic E-state index is 0.101. The van der Waals surface area contributed by atoms with Crippen LogP contribution < -0.4 is 0 Å². The number of hydrogen-bond acceptors (Lipinski definition) is 3. The zero-order chi connectivity index (χ0) is 10.6. The predicted octanol–water partition coefficient (Wildman–Crippen LogP) is 2.15. The first-order chi connectivity index (χ1) is 6.59. The van der Waals surface area contributed by atoms with Crippen molar-refractivity contribution < 1.29 is 4.79 Å². The van der Waals surface area contributed by atoms with E-state index in [0.717, 1.165) is 12.5 Å². The molecule has 0 bridgehead atoms. The third kappa shape index (κ3) is 4.86. The molecule has 0 heterocycles. The Kier molecular flexibility index (Phi) is 4.75. The van der Waals surface area contributed by atoms with Gasteiger partial charge in [-0.2, -0.15) is 0 Å². The van der Waals surface area contributed by atoms with Crippen molar-refractivity contribution >= 4 is 18.0 Å². The van der Waals surface area contributed by atoms with Gasteiger partial charge in [-0.3, -0.25) is 9.10 Å². The molecular formula is C10H20N2OS. The molecule has 1 rings (SSSR count). The Morgan fingerprint density at radius 2 is 2.07 bits per heavy atom. The number of amides is 1. The summed E-state index contributed by atoms with van der Waals surface area (Å²) in [6.07, 6.45) is 5.48. The normalized spacial score (nSPS) is 16.0. The molecule has 0 atom stereocenters. The lowest BCUT2D eigenvalue weighted by Gasteiger charge is -2.21. The Morgan fingerprint density at radius 3 is 2.57 bits per heavy atom. The van der Waals surface area contributed by atoms with Crippen molar-refractivity contribution in [3.05, 3.63) is 0 Å². The van der Waals surface area contributed by atoms with Gasteiger partial charge in [0.05, 0.1) is 0 Å². The van der Waals surface area contributed by atoms with Gasteiger partial charge in [0.25, 0.3) is 0 Å². The van der Waals surface area contributed by atoms with E-state index in [1.165, 1.54) is 37.8 Å². The summed E-state index contributed by atoms with van der Waals surface area (Å²) in [4.78, 5) is 10.9. The number of carbonyl (C=O) groups excluding carboxylic acids is 1. The Hall–Kier alpha value is -0.220. The Morgan fingerprint density at radius 1 is 1.43 bits per heavy atom. The van der Waals surface area contributed by atoms with E-state index in [-0.39, 0.29) is 5.91 Å². The molecule has 0 aromatic carbocycles. The lowest BCUT2D eigenvalue weighted by molar-refractivity contribution is -0.123. The molecule has 1 aliphatic rings. The maximum Gasteiger partial charge on any atom is 0.230 e. The van der Waals surface area contributed by atoms with Gasteiger partial charge >= 0.3 is 0 Å². The van der Waals surface area contributed by atoms with Crippen LogP contribution in [-0.4, -0.2) is 35.2 Å². The van der Waals surface area contributed by atoms with Crippen LogP contribution in [0.3, 0.4) is 0 Å². The zero-order valence-corrected chi connectivity index (χ0v) is 10.1. The smallest absolute Gasteiger partial charge is 0.230 e. The van der Waals surface area contributed by atoms with Crippen LogP contribution in [0.5, 0.6) is 0 Å². The van der Waals surface area contributed by atoms with Crippen LogP contribution in [0.1, 0.15) is 32.6 Å². The maximum atomic E-state index is 10.9. The lowest BCUT2D eigenvalue weighted by atomic mass is 10.2. The largest absolute Gasteiger partial charge is 0.277 e. The van der Waals surface area contributed by atoms with Crippen molar-refractivity contribution in [3.8, 4) is 0 Å². The van der Waals surface area contributed by atoms with Gasteiger partial charge in [0.1, 0.15) is 0 Å². The van der Waals surface area contributed by atoms with Crippen LogP contribution in [0.4, 0.5) is 0 Å². The molecule has 14 heavy (non-hydrogen) atoms. The van der Waals surface area contributed by atoms with Gasteiger partial charge in [-0.1, -0.05) is 12.8 Å². The quantitative estimate of drug-likeness (QED) is 0.636. The highest BCUT2D eigenvalue weighted by atomic mass is 32.2. The molecule has 0 aromatic heterocycles. The second kappa shape index (κ2) is 5.61. The summed E-state index contributed by atoms with van der Waals surface area (Å²) < 4.78 is 3.79. The van der Waals surface area contributed by atoms with Crippen molar-refractivity contribution in [2.75, 3.05) is 20.6 Å². The van der Waals surface area contributed by atoms with Gasteiger partial charge in [0.2, 0.25) is 5.91 Å². The van der Waals surface area contributed by atoms with Gasteiger partial charge in [-0.25, -0.2) is 4.31 Å². The summed E-state index contributed by atoms with van der Waals surface area (Å²) in [6.45, 7) is 2.66. The molecule has 0 N–H and O–H groups in total. The minimum atomic E-state index is 0.101. The van der Waals surface area contributed by atoms with Gasteiger partial charge in [0.15, 0.2) is 0 Å². The van der Waals surface area contributed by atoms with Crippen molar-refractivity contribution in [1.82, 2.24) is 8.61 Å². The summed E-state index contributed by atoms with van der Waals surface area (Å²) in [6, 6.07) is 0. The van der Waals surface area contributed by atoms with Crippen LogP contribution >= 0.6 is 12.1 Å². The van der Waals surface area contributed by atoms with Crippen LogP contribution in [0, 0.1) is 5.92 Å². The first-order valence-corrected chi connectivity index (χ1v) is 5.96. The molecule has 0 saturated heterocycles. The first-order valence-electron chi connectivity index (χ1n) is 5.23. The zero-order valence-electron chi connectivity index (χ0n) is 9.32. The molecule has 3 nitrogen and oxygen atoms in total. The molecule has 0 unspecified atom stereocenters. The van der Waals surface area contributed by atoms with Crippen molar-refractivity contribution in [2.45, 2.75) is 32.6 Å². The summed E-state index contributed by atoms with van der Waals surface area (Å²) in [5, 5.41) is 0. The van der Waals surface area contributed by atoms with Gasteiger partial charge in [-0.05, 0) is 25.8 Å². The maximum absolute atomic E-state index is 10.9. The fourth-order valence-corrected chi connectivity index (χ4v) is 2.06. The second-order valence-electron chi connectivity index (χ2n) is 4.04. The average molecular weight is 216 g/mol. The van der Waals surface area contributed by atoms with E-state index in [1.54, 1.807) is 11.2 Å². The monoisotopic (exact) mass is 216 g/mol. The van der Waals surface area contributed by atoms with Crippen molar-refractivity contribution in [3.63, 3.8) is 0 Å². The van der Waals surface area contributed by atoms with E-state index in [0.29, 0.717) is 0 Å². The molecule has 1 fully saturated rings.